The van der Waals surface area contributed by atoms with Gasteiger partial charge in [0.15, 0.2) is 0 Å². The third kappa shape index (κ3) is 19.8. The predicted octanol–water partition coefficient (Wildman–Crippen LogP) is 5.70. The lowest BCUT2D eigenvalue weighted by Crippen LogP contribution is -2.13. The maximum absolute atomic E-state index is 10.4. The standard InChI is InChI=1S/C17H36O4S.H3N/c1-4-5-6-7-8-9-10-11-12-14-17(2,3)15-13-16-21-22(18,19)20;/h4-16H2,1-3H3,(H,18,19,20);1H3. The van der Waals surface area contributed by atoms with E-state index in [1.165, 1.54) is 57.8 Å². The van der Waals surface area contributed by atoms with Crippen molar-refractivity contribution in [3.63, 3.8) is 0 Å². The smallest absolute Gasteiger partial charge is 0.344 e. The molecule has 5 nitrogen and oxygen atoms in total. The maximum atomic E-state index is 10.4. The van der Waals surface area contributed by atoms with Gasteiger partial charge in [-0.1, -0.05) is 78.6 Å². The quantitative estimate of drug-likeness (QED) is 0.291. The van der Waals surface area contributed by atoms with E-state index < -0.39 is 10.4 Å². The lowest BCUT2D eigenvalue weighted by Gasteiger charge is -2.24. The molecular formula is C17H39NO4S. The van der Waals surface area contributed by atoms with Gasteiger partial charge in [0.25, 0.3) is 0 Å². The van der Waals surface area contributed by atoms with E-state index in [2.05, 4.69) is 25.0 Å². The molecule has 0 atom stereocenters. The zero-order chi connectivity index (χ0) is 16.9. The van der Waals surface area contributed by atoms with Crippen LogP contribution in [0.5, 0.6) is 0 Å². The summed E-state index contributed by atoms with van der Waals surface area (Å²) in [7, 11) is -4.28. The van der Waals surface area contributed by atoms with Crippen LogP contribution in [-0.4, -0.2) is 19.6 Å². The molecule has 0 aliphatic carbocycles. The molecular weight excluding hydrogens is 314 g/mol. The fourth-order valence-electron chi connectivity index (χ4n) is 2.75. The van der Waals surface area contributed by atoms with Gasteiger partial charge in [-0.05, 0) is 24.7 Å². The van der Waals surface area contributed by atoms with Crippen molar-refractivity contribution in [1.82, 2.24) is 6.15 Å². The zero-order valence-electron chi connectivity index (χ0n) is 15.5. The molecule has 0 saturated heterocycles. The third-order valence-corrected chi connectivity index (χ3v) is 4.65. The summed E-state index contributed by atoms with van der Waals surface area (Å²) in [5.41, 5.74) is 0.212. The molecule has 0 saturated carbocycles. The average molecular weight is 354 g/mol. The van der Waals surface area contributed by atoms with Crippen LogP contribution in [0.3, 0.4) is 0 Å². The molecule has 0 aliphatic rings. The number of hydrogen-bond donors (Lipinski definition) is 2. The fraction of sp³-hybridized carbons (Fsp3) is 1.00. The summed E-state index contributed by atoms with van der Waals surface area (Å²) in [4.78, 5) is 0. The van der Waals surface area contributed by atoms with Crippen LogP contribution in [0.4, 0.5) is 0 Å². The molecule has 0 radical (unpaired) electrons. The van der Waals surface area contributed by atoms with Gasteiger partial charge in [-0.15, -0.1) is 0 Å². The van der Waals surface area contributed by atoms with Gasteiger partial charge in [0, 0.05) is 0 Å². The Hall–Kier alpha value is -0.170. The molecule has 0 spiro atoms. The Morgan fingerprint density at radius 3 is 1.74 bits per heavy atom. The summed E-state index contributed by atoms with van der Waals surface area (Å²) >= 11 is 0. The topological polar surface area (TPSA) is 98.6 Å². The van der Waals surface area contributed by atoms with Crippen LogP contribution in [0.2, 0.25) is 0 Å². The summed E-state index contributed by atoms with van der Waals surface area (Å²) in [6, 6.07) is 0. The van der Waals surface area contributed by atoms with Gasteiger partial charge in [-0.2, -0.15) is 8.42 Å². The van der Waals surface area contributed by atoms with E-state index in [0.717, 1.165) is 12.8 Å². The monoisotopic (exact) mass is 353 g/mol. The first-order valence-electron chi connectivity index (χ1n) is 8.89. The molecule has 23 heavy (non-hydrogen) atoms. The summed E-state index contributed by atoms with van der Waals surface area (Å²) in [5.74, 6) is 0. The highest BCUT2D eigenvalue weighted by molar-refractivity contribution is 7.80. The average Bonchev–Trinajstić information content (AvgIpc) is 2.41. The summed E-state index contributed by atoms with van der Waals surface area (Å²) < 4.78 is 33.7. The largest absolute Gasteiger partial charge is 0.397 e. The Morgan fingerprint density at radius 1 is 0.826 bits per heavy atom. The van der Waals surface area contributed by atoms with Crippen molar-refractivity contribution >= 4 is 10.4 Å². The fourth-order valence-corrected chi connectivity index (χ4v) is 3.08. The van der Waals surface area contributed by atoms with Crippen LogP contribution in [-0.2, 0) is 14.6 Å². The minimum absolute atomic E-state index is 0. The number of hydrogen-bond acceptors (Lipinski definition) is 4. The SMILES string of the molecule is CCCCCCCCCCCC(C)(C)CCCOS(=O)(=O)O.N. The van der Waals surface area contributed by atoms with Crippen LogP contribution < -0.4 is 6.15 Å². The maximum Gasteiger partial charge on any atom is 0.397 e. The Balaban J connectivity index is 0. The van der Waals surface area contributed by atoms with E-state index in [9.17, 15) is 8.42 Å². The Morgan fingerprint density at radius 2 is 1.26 bits per heavy atom. The van der Waals surface area contributed by atoms with Crippen molar-refractivity contribution in [2.24, 2.45) is 5.41 Å². The third-order valence-electron chi connectivity index (χ3n) is 4.19. The molecule has 6 heteroatoms. The van der Waals surface area contributed by atoms with E-state index in [-0.39, 0.29) is 18.2 Å². The lowest BCUT2D eigenvalue weighted by atomic mass is 9.82. The Bertz CT molecular complexity index is 356. The highest BCUT2D eigenvalue weighted by Gasteiger charge is 2.17. The van der Waals surface area contributed by atoms with Gasteiger partial charge in [0.2, 0.25) is 0 Å². The van der Waals surface area contributed by atoms with E-state index in [1.54, 1.807) is 0 Å². The van der Waals surface area contributed by atoms with E-state index in [4.69, 9.17) is 4.55 Å². The molecule has 0 amide bonds. The Labute approximate surface area is 144 Å². The molecule has 0 heterocycles. The molecule has 0 aromatic rings. The molecule has 0 aliphatic heterocycles. The van der Waals surface area contributed by atoms with Crippen LogP contribution in [0.15, 0.2) is 0 Å². The molecule has 0 bridgehead atoms. The number of unbranched alkanes of at least 4 members (excludes halogenated alkanes) is 8. The molecule has 0 fully saturated rings. The predicted molar refractivity (Wildman–Crippen MR) is 97.4 cm³/mol. The molecule has 0 aromatic heterocycles. The normalized spacial score (nSPS) is 12.2. The van der Waals surface area contributed by atoms with Crippen molar-refractivity contribution in [2.45, 2.75) is 97.8 Å². The van der Waals surface area contributed by atoms with Crippen molar-refractivity contribution in [1.29, 1.82) is 0 Å². The highest BCUT2D eigenvalue weighted by Crippen LogP contribution is 2.29. The molecule has 4 N–H and O–H groups in total. The van der Waals surface area contributed by atoms with Gasteiger partial charge in [-0.25, -0.2) is 4.18 Å². The van der Waals surface area contributed by atoms with Crippen LogP contribution in [0.1, 0.15) is 97.8 Å². The van der Waals surface area contributed by atoms with Gasteiger partial charge >= 0.3 is 10.4 Å². The van der Waals surface area contributed by atoms with E-state index in [0.29, 0.717) is 6.42 Å². The van der Waals surface area contributed by atoms with Gasteiger partial charge < -0.3 is 6.15 Å². The molecule has 0 unspecified atom stereocenters. The van der Waals surface area contributed by atoms with Crippen molar-refractivity contribution in [3.05, 3.63) is 0 Å². The molecule has 142 valence electrons. The van der Waals surface area contributed by atoms with E-state index >= 15 is 0 Å². The first kappa shape index (κ1) is 25.1. The van der Waals surface area contributed by atoms with Crippen molar-refractivity contribution in [3.8, 4) is 0 Å². The second kappa shape index (κ2) is 14.2. The minimum atomic E-state index is -4.28. The van der Waals surface area contributed by atoms with Crippen molar-refractivity contribution in [2.75, 3.05) is 6.61 Å². The second-order valence-corrected chi connectivity index (χ2v) is 8.19. The zero-order valence-corrected chi connectivity index (χ0v) is 16.3. The number of rotatable bonds is 15. The van der Waals surface area contributed by atoms with Crippen LogP contribution in [0, 0.1) is 5.41 Å². The van der Waals surface area contributed by atoms with Gasteiger partial charge in [0.05, 0.1) is 6.61 Å². The Kier molecular flexibility index (Phi) is 15.5. The van der Waals surface area contributed by atoms with Crippen LogP contribution in [0.25, 0.3) is 0 Å². The minimum Gasteiger partial charge on any atom is -0.344 e. The van der Waals surface area contributed by atoms with Crippen LogP contribution >= 0.6 is 0 Å². The first-order valence-corrected chi connectivity index (χ1v) is 10.3. The summed E-state index contributed by atoms with van der Waals surface area (Å²) in [6.07, 6.45) is 14.8. The highest BCUT2D eigenvalue weighted by atomic mass is 32.3. The van der Waals surface area contributed by atoms with E-state index in [1.807, 2.05) is 0 Å². The summed E-state index contributed by atoms with van der Waals surface area (Å²) in [6.45, 7) is 6.74. The summed E-state index contributed by atoms with van der Waals surface area (Å²) in [5, 5.41) is 0. The molecule has 0 aromatic carbocycles. The second-order valence-electron chi connectivity index (χ2n) is 7.10. The molecule has 0 rings (SSSR count). The lowest BCUT2D eigenvalue weighted by molar-refractivity contribution is 0.224. The first-order chi connectivity index (χ1) is 10.3. The van der Waals surface area contributed by atoms with Gasteiger partial charge in [-0.3, -0.25) is 4.55 Å². The van der Waals surface area contributed by atoms with Gasteiger partial charge in [0.1, 0.15) is 0 Å². The van der Waals surface area contributed by atoms with Crippen molar-refractivity contribution < 1.29 is 17.2 Å².